The van der Waals surface area contributed by atoms with E-state index in [0.717, 1.165) is 17.0 Å². The molecule has 0 aliphatic carbocycles. The number of piperidine rings is 1. The van der Waals surface area contributed by atoms with E-state index in [1.54, 1.807) is 41.0 Å². The molecule has 1 saturated heterocycles. The van der Waals surface area contributed by atoms with E-state index < -0.39 is 10.0 Å². The smallest absolute Gasteiger partial charge is 0.250 e. The lowest BCUT2D eigenvalue weighted by molar-refractivity contribution is -0.115. The van der Waals surface area contributed by atoms with Gasteiger partial charge in [-0.05, 0) is 54.1 Å². The molecule has 2 aliphatic rings. The number of thiophene rings is 1. The van der Waals surface area contributed by atoms with Crippen LogP contribution in [0, 0.1) is 5.92 Å². The van der Waals surface area contributed by atoms with Crippen LogP contribution in [0.15, 0.2) is 69.7 Å². The molecule has 0 unspecified atom stereocenters. The van der Waals surface area contributed by atoms with Gasteiger partial charge in [0.2, 0.25) is 15.9 Å². The summed E-state index contributed by atoms with van der Waals surface area (Å²) in [4.78, 5) is 25.6. The van der Waals surface area contributed by atoms with Crippen LogP contribution in [0.1, 0.15) is 22.9 Å². The number of carbonyl (C=O) groups is 1. The van der Waals surface area contributed by atoms with Crippen molar-refractivity contribution in [3.05, 3.63) is 80.9 Å². The number of aromatic nitrogens is 1. The number of nitrogens with one attached hydrogen (secondary N) is 1. The maximum absolute atomic E-state index is 13.3. The summed E-state index contributed by atoms with van der Waals surface area (Å²) in [5.74, 6) is -0.00486. The summed E-state index contributed by atoms with van der Waals surface area (Å²) in [5.41, 5.74) is 1.46. The van der Waals surface area contributed by atoms with Crippen molar-refractivity contribution in [2.45, 2.75) is 30.2 Å². The highest BCUT2D eigenvalue weighted by Crippen LogP contribution is 2.37. The first-order valence-electron chi connectivity index (χ1n) is 10.5. The van der Waals surface area contributed by atoms with E-state index in [0.29, 0.717) is 31.7 Å². The van der Waals surface area contributed by atoms with Gasteiger partial charge in [-0.2, -0.15) is 4.31 Å². The van der Waals surface area contributed by atoms with E-state index in [4.69, 9.17) is 0 Å². The Bertz CT molecular complexity index is 1300. The molecular weight excluding hydrogens is 446 g/mol. The van der Waals surface area contributed by atoms with Crippen LogP contribution in [-0.4, -0.2) is 36.3 Å². The van der Waals surface area contributed by atoms with Crippen LogP contribution < -0.4 is 10.9 Å². The van der Waals surface area contributed by atoms with Crippen LogP contribution in [0.3, 0.4) is 0 Å². The minimum Gasteiger partial charge on any atom is -0.326 e. The van der Waals surface area contributed by atoms with Crippen LogP contribution in [0.2, 0.25) is 0 Å². The van der Waals surface area contributed by atoms with Crippen LogP contribution >= 0.6 is 11.3 Å². The third kappa shape index (κ3) is 4.03. The van der Waals surface area contributed by atoms with Crippen molar-refractivity contribution in [3.8, 4) is 0 Å². The fraction of sp³-hybridized carbons (Fsp3) is 0.304. The number of amides is 1. The van der Waals surface area contributed by atoms with Gasteiger partial charge in [-0.15, -0.1) is 11.3 Å². The number of nitrogens with zero attached hydrogens (tertiary/aromatic N) is 2. The molecular formula is C23H23N3O4S2. The summed E-state index contributed by atoms with van der Waals surface area (Å²) < 4.78 is 30.0. The van der Waals surface area contributed by atoms with E-state index in [1.807, 2.05) is 23.6 Å². The van der Waals surface area contributed by atoms with Crippen LogP contribution in [0.5, 0.6) is 0 Å². The maximum Gasteiger partial charge on any atom is 0.250 e. The average Bonchev–Trinajstić information content (AvgIpc) is 3.27. The Labute approximate surface area is 190 Å². The van der Waals surface area contributed by atoms with Gasteiger partial charge in [0, 0.05) is 47.9 Å². The zero-order valence-electron chi connectivity index (χ0n) is 17.3. The molecule has 2 bridgehead atoms. The summed E-state index contributed by atoms with van der Waals surface area (Å²) in [7, 11) is -3.67. The summed E-state index contributed by atoms with van der Waals surface area (Å²) in [6, 6.07) is 15.4. The lowest BCUT2D eigenvalue weighted by Gasteiger charge is -2.42. The minimum atomic E-state index is -3.67. The highest BCUT2D eigenvalue weighted by molar-refractivity contribution is 7.89. The molecule has 1 fully saturated rings. The topological polar surface area (TPSA) is 88.5 Å². The molecule has 0 saturated carbocycles. The summed E-state index contributed by atoms with van der Waals surface area (Å²) >= 11 is 1.52. The van der Waals surface area contributed by atoms with Crippen LogP contribution in [0.25, 0.3) is 0 Å². The molecule has 4 heterocycles. The minimum absolute atomic E-state index is 0.0157. The van der Waals surface area contributed by atoms with Gasteiger partial charge in [-0.3, -0.25) is 9.59 Å². The van der Waals surface area contributed by atoms with Crippen molar-refractivity contribution in [2.75, 3.05) is 18.4 Å². The Kier molecular flexibility index (Phi) is 5.48. The molecule has 2 atom stereocenters. The van der Waals surface area contributed by atoms with Crippen molar-refractivity contribution in [1.82, 2.24) is 8.87 Å². The third-order valence-electron chi connectivity index (χ3n) is 6.14. The Balaban J connectivity index is 1.31. The number of hydrogen-bond acceptors (Lipinski definition) is 5. The quantitative estimate of drug-likeness (QED) is 0.622. The first-order chi connectivity index (χ1) is 15.4. The number of hydrogen-bond donors (Lipinski definition) is 1. The monoisotopic (exact) mass is 469 g/mol. The maximum atomic E-state index is 13.3. The lowest BCUT2D eigenvalue weighted by atomic mass is 9.84. The zero-order valence-corrected chi connectivity index (χ0v) is 18.9. The van der Waals surface area contributed by atoms with Gasteiger partial charge in [-0.25, -0.2) is 8.42 Å². The SMILES string of the molecule is O=C(Cc1cccs1)Nc1ccc(S(=O)(=O)N2C[C@@H]3C[C@H](C2)c2cccc(=O)n2C3)cc1. The lowest BCUT2D eigenvalue weighted by Crippen LogP contribution is -2.48. The van der Waals surface area contributed by atoms with Gasteiger partial charge in [-0.1, -0.05) is 12.1 Å². The Hall–Kier alpha value is -2.75. The summed E-state index contributed by atoms with van der Waals surface area (Å²) in [6.07, 6.45) is 1.18. The predicted molar refractivity (Wildman–Crippen MR) is 123 cm³/mol. The largest absolute Gasteiger partial charge is 0.326 e. The number of pyridine rings is 1. The van der Waals surface area contributed by atoms with Gasteiger partial charge in [0.05, 0.1) is 11.3 Å². The Morgan fingerprint density at radius 2 is 1.84 bits per heavy atom. The fourth-order valence-corrected chi connectivity index (χ4v) is 6.95. The molecule has 0 radical (unpaired) electrons. The molecule has 32 heavy (non-hydrogen) atoms. The van der Waals surface area contributed by atoms with Gasteiger partial charge in [0.15, 0.2) is 0 Å². The highest BCUT2D eigenvalue weighted by Gasteiger charge is 2.39. The van der Waals surface area contributed by atoms with Gasteiger partial charge in [0.1, 0.15) is 0 Å². The number of carbonyl (C=O) groups excluding carboxylic acids is 1. The number of sulfonamides is 1. The molecule has 7 nitrogen and oxygen atoms in total. The average molecular weight is 470 g/mol. The first kappa shape index (κ1) is 21.1. The first-order valence-corrected chi connectivity index (χ1v) is 12.8. The van der Waals surface area contributed by atoms with Crippen molar-refractivity contribution >= 4 is 33.0 Å². The van der Waals surface area contributed by atoms with Crippen LogP contribution in [-0.2, 0) is 27.8 Å². The Morgan fingerprint density at radius 3 is 2.59 bits per heavy atom. The standard InChI is InChI=1S/C23H23N3O4S2/c27-22(12-19-3-2-10-31-19)24-18-6-8-20(9-7-18)32(29,30)25-13-16-11-17(15-25)21-4-1-5-23(28)26(21)14-16/h1-10,16-17H,11-15H2,(H,24,27)/t16-,17+/m0/s1. The van der Waals surface area contributed by atoms with Gasteiger partial charge in [0.25, 0.3) is 5.56 Å². The molecule has 5 rings (SSSR count). The highest BCUT2D eigenvalue weighted by atomic mass is 32.2. The van der Waals surface area contributed by atoms with E-state index in [2.05, 4.69) is 5.32 Å². The number of rotatable bonds is 5. The number of benzene rings is 1. The molecule has 1 aromatic carbocycles. The second-order valence-corrected chi connectivity index (χ2v) is 11.3. The number of anilines is 1. The van der Waals surface area contributed by atoms with Gasteiger partial charge >= 0.3 is 0 Å². The van der Waals surface area contributed by atoms with Crippen LogP contribution in [0.4, 0.5) is 5.69 Å². The third-order valence-corrected chi connectivity index (χ3v) is 8.86. The molecule has 1 N–H and O–H groups in total. The van der Waals surface area contributed by atoms with Gasteiger partial charge < -0.3 is 9.88 Å². The molecule has 2 aromatic heterocycles. The molecule has 1 amide bonds. The zero-order chi connectivity index (χ0) is 22.3. The van der Waals surface area contributed by atoms with Crippen molar-refractivity contribution in [2.24, 2.45) is 5.92 Å². The summed E-state index contributed by atoms with van der Waals surface area (Å²) in [5, 5.41) is 4.74. The van der Waals surface area contributed by atoms with Crippen molar-refractivity contribution in [3.63, 3.8) is 0 Å². The predicted octanol–water partition coefficient (Wildman–Crippen LogP) is 2.90. The normalized spacial score (nSPS) is 20.5. The van der Waals surface area contributed by atoms with E-state index in [9.17, 15) is 18.0 Å². The van der Waals surface area contributed by atoms with Crippen molar-refractivity contribution < 1.29 is 13.2 Å². The summed E-state index contributed by atoms with van der Waals surface area (Å²) in [6.45, 7) is 1.31. The molecule has 0 spiro atoms. The molecule has 3 aromatic rings. The van der Waals surface area contributed by atoms with E-state index in [1.165, 1.54) is 15.6 Å². The van der Waals surface area contributed by atoms with E-state index in [-0.39, 0.29) is 28.2 Å². The molecule has 166 valence electrons. The number of fused-ring (bicyclic) bond motifs is 4. The Morgan fingerprint density at radius 1 is 1.03 bits per heavy atom. The van der Waals surface area contributed by atoms with Crippen molar-refractivity contribution in [1.29, 1.82) is 0 Å². The fourth-order valence-electron chi connectivity index (χ4n) is 4.68. The second kappa shape index (κ2) is 8.31. The molecule has 2 aliphatic heterocycles. The van der Waals surface area contributed by atoms with E-state index >= 15 is 0 Å². The second-order valence-electron chi connectivity index (χ2n) is 8.35. The molecule has 9 heteroatoms.